The van der Waals surface area contributed by atoms with E-state index in [1.54, 1.807) is 0 Å². The molecule has 2 unspecified atom stereocenters. The minimum Gasteiger partial charge on any atom is -0.550 e. The molecule has 0 aliphatic carbocycles. The zero-order valence-corrected chi connectivity index (χ0v) is 11.4. The topological polar surface area (TPSA) is 200 Å². The minimum absolute atomic E-state index is 0.0766. The summed E-state index contributed by atoms with van der Waals surface area (Å²) in [6.45, 7) is 0.290. The van der Waals surface area contributed by atoms with Crippen molar-refractivity contribution in [3.05, 3.63) is 0 Å². The predicted molar refractivity (Wildman–Crippen MR) is 69.1 cm³/mol. The number of hydrogen-bond acceptors (Lipinski definition) is 7. The molecule has 21 heavy (non-hydrogen) atoms. The van der Waals surface area contributed by atoms with E-state index in [4.69, 9.17) is 17.2 Å². The van der Waals surface area contributed by atoms with Crippen LogP contribution < -0.4 is 32.7 Å². The van der Waals surface area contributed by atoms with Crippen molar-refractivity contribution in [1.29, 1.82) is 0 Å². The second-order valence-corrected chi connectivity index (χ2v) is 4.35. The Morgan fingerprint density at radius 1 is 1.14 bits per heavy atom. The molecule has 7 N–H and O–H groups in total. The van der Waals surface area contributed by atoms with Crippen molar-refractivity contribution in [2.75, 3.05) is 6.54 Å². The molecule has 0 aliphatic heterocycles. The highest BCUT2D eigenvalue weighted by Gasteiger charge is 2.18. The van der Waals surface area contributed by atoms with E-state index in [2.05, 4.69) is 10.3 Å². The Kier molecular flexibility index (Phi) is 8.46. The van der Waals surface area contributed by atoms with Gasteiger partial charge in [0.05, 0.1) is 18.1 Å². The van der Waals surface area contributed by atoms with Gasteiger partial charge in [-0.15, -0.1) is 0 Å². The first-order valence-electron chi connectivity index (χ1n) is 6.26. The van der Waals surface area contributed by atoms with E-state index in [1.807, 2.05) is 0 Å². The maximum Gasteiger partial charge on any atom is 0.237 e. The number of carboxylic acids is 2. The fraction of sp³-hybridized carbons (Fsp3) is 0.636. The van der Waals surface area contributed by atoms with E-state index in [0.29, 0.717) is 6.42 Å². The van der Waals surface area contributed by atoms with E-state index >= 15 is 0 Å². The summed E-state index contributed by atoms with van der Waals surface area (Å²) in [7, 11) is 0. The van der Waals surface area contributed by atoms with Crippen molar-refractivity contribution in [1.82, 2.24) is 5.32 Å². The quantitative estimate of drug-likeness (QED) is 0.175. The molecule has 0 aliphatic rings. The fourth-order valence-corrected chi connectivity index (χ4v) is 1.44. The van der Waals surface area contributed by atoms with Crippen molar-refractivity contribution >= 4 is 23.8 Å². The van der Waals surface area contributed by atoms with Gasteiger partial charge in [0, 0.05) is 12.5 Å². The molecule has 10 nitrogen and oxygen atoms in total. The van der Waals surface area contributed by atoms with Crippen LogP contribution in [0.3, 0.4) is 0 Å². The van der Waals surface area contributed by atoms with Gasteiger partial charge in [0.25, 0.3) is 0 Å². The lowest BCUT2D eigenvalue weighted by Crippen LogP contribution is -2.52. The highest BCUT2D eigenvalue weighted by atomic mass is 16.4. The van der Waals surface area contributed by atoms with Crippen molar-refractivity contribution < 1.29 is 24.6 Å². The predicted octanol–water partition coefficient (Wildman–Crippen LogP) is -4.87. The van der Waals surface area contributed by atoms with Crippen LogP contribution in [-0.2, 0) is 14.4 Å². The summed E-state index contributed by atoms with van der Waals surface area (Å²) in [6, 6.07) is -2.39. The number of nitrogens with two attached hydrogens (primary N) is 3. The summed E-state index contributed by atoms with van der Waals surface area (Å²) in [5, 5.41) is 23.2. The van der Waals surface area contributed by atoms with E-state index in [0.717, 1.165) is 0 Å². The number of carbonyl (C=O) groups is 3. The minimum atomic E-state index is -1.59. The Morgan fingerprint density at radius 3 is 2.24 bits per heavy atom. The highest BCUT2D eigenvalue weighted by molar-refractivity contribution is 5.86. The number of amides is 1. The number of guanidine groups is 1. The average Bonchev–Trinajstić information content (AvgIpc) is 2.38. The summed E-state index contributed by atoms with van der Waals surface area (Å²) < 4.78 is 0. The van der Waals surface area contributed by atoms with Crippen LogP contribution in [0.5, 0.6) is 0 Å². The Morgan fingerprint density at radius 2 is 1.76 bits per heavy atom. The first kappa shape index (κ1) is 18.6. The smallest absolute Gasteiger partial charge is 0.237 e. The van der Waals surface area contributed by atoms with Crippen LogP contribution >= 0.6 is 0 Å². The third kappa shape index (κ3) is 9.21. The zero-order valence-electron chi connectivity index (χ0n) is 11.4. The summed E-state index contributed by atoms with van der Waals surface area (Å²) in [5.41, 5.74) is 15.8. The number of rotatable bonds is 10. The third-order valence-corrected chi connectivity index (χ3v) is 2.54. The fourth-order valence-electron chi connectivity index (χ4n) is 1.44. The van der Waals surface area contributed by atoms with Gasteiger partial charge in [-0.1, -0.05) is 0 Å². The summed E-state index contributed by atoms with van der Waals surface area (Å²) in [6.07, 6.45) is -0.180. The van der Waals surface area contributed by atoms with Crippen LogP contribution in [0, 0.1) is 0 Å². The van der Waals surface area contributed by atoms with Gasteiger partial charge in [-0.05, 0) is 25.7 Å². The molecular weight excluding hydrogens is 282 g/mol. The lowest BCUT2D eigenvalue weighted by atomic mass is 10.1. The van der Waals surface area contributed by atoms with Gasteiger partial charge in [0.2, 0.25) is 5.91 Å². The van der Waals surface area contributed by atoms with Gasteiger partial charge in [-0.2, -0.15) is 0 Å². The van der Waals surface area contributed by atoms with Crippen LogP contribution in [0.2, 0.25) is 0 Å². The second-order valence-electron chi connectivity index (χ2n) is 4.35. The normalized spacial score (nSPS) is 13.0. The molecule has 0 spiro atoms. The number of nitrogens with zero attached hydrogens (tertiary/aromatic N) is 1. The van der Waals surface area contributed by atoms with E-state index in [1.165, 1.54) is 0 Å². The standard InChI is InChI=1S/C11H21N5O5/c12-6(2-1-5-15-11(13)14)9(19)16-7(10(20)21)3-4-8(17)18/h6-7H,1-5,12H2,(H,16,19)(H,17,18)(H,20,21)(H4,13,14,15)/p-2. The molecule has 0 aromatic rings. The largest absolute Gasteiger partial charge is 0.550 e. The van der Waals surface area contributed by atoms with Crippen LogP contribution in [0.1, 0.15) is 25.7 Å². The lowest BCUT2D eigenvalue weighted by Gasteiger charge is -2.22. The Bertz CT molecular complexity index is 408. The molecule has 0 rings (SSSR count). The molecule has 0 aromatic heterocycles. The van der Waals surface area contributed by atoms with Gasteiger partial charge in [-0.3, -0.25) is 9.79 Å². The molecule has 0 saturated carbocycles. The first-order valence-corrected chi connectivity index (χ1v) is 6.26. The lowest BCUT2D eigenvalue weighted by molar-refractivity contribution is -0.310. The van der Waals surface area contributed by atoms with E-state index < -0.39 is 36.4 Å². The van der Waals surface area contributed by atoms with Crippen molar-refractivity contribution in [3.8, 4) is 0 Å². The molecule has 0 fully saturated rings. The maximum atomic E-state index is 11.7. The molecule has 0 saturated heterocycles. The molecular formula is C11H19N5O5-2. The molecule has 0 heterocycles. The SMILES string of the molecule is NC(N)=NCCCC(N)C(=O)NC(CCC(=O)[O-])C(=O)[O-]. The number of carboxylic acid groups (broad SMARTS) is 2. The van der Waals surface area contributed by atoms with E-state index in [-0.39, 0.29) is 25.3 Å². The van der Waals surface area contributed by atoms with Crippen molar-refractivity contribution in [3.63, 3.8) is 0 Å². The number of hydrogen-bond donors (Lipinski definition) is 4. The first-order chi connectivity index (χ1) is 9.73. The molecule has 2 atom stereocenters. The van der Waals surface area contributed by atoms with Crippen molar-refractivity contribution in [2.45, 2.75) is 37.8 Å². The van der Waals surface area contributed by atoms with Gasteiger partial charge in [0.1, 0.15) is 0 Å². The number of aliphatic carboxylic acids is 2. The molecule has 1 amide bonds. The number of aliphatic imine (C=N–C) groups is 1. The Balaban J connectivity index is 4.24. The molecule has 10 heteroatoms. The van der Waals surface area contributed by atoms with Gasteiger partial charge < -0.3 is 42.3 Å². The maximum absolute atomic E-state index is 11.7. The van der Waals surface area contributed by atoms with E-state index in [9.17, 15) is 24.6 Å². The molecule has 120 valence electrons. The Hall–Kier alpha value is -2.36. The van der Waals surface area contributed by atoms with Gasteiger partial charge in [-0.25, -0.2) is 0 Å². The number of nitrogens with one attached hydrogen (secondary N) is 1. The highest BCUT2D eigenvalue weighted by Crippen LogP contribution is 2.00. The number of carbonyl (C=O) groups excluding carboxylic acids is 3. The van der Waals surface area contributed by atoms with Crippen LogP contribution in [0.25, 0.3) is 0 Å². The summed E-state index contributed by atoms with van der Waals surface area (Å²) >= 11 is 0. The monoisotopic (exact) mass is 301 g/mol. The van der Waals surface area contributed by atoms with Gasteiger partial charge >= 0.3 is 0 Å². The molecule has 0 bridgehead atoms. The summed E-state index contributed by atoms with van der Waals surface area (Å²) in [5.74, 6) is -3.80. The summed E-state index contributed by atoms with van der Waals surface area (Å²) in [4.78, 5) is 36.4. The second kappa shape index (κ2) is 9.53. The van der Waals surface area contributed by atoms with Crippen LogP contribution in [0.15, 0.2) is 4.99 Å². The van der Waals surface area contributed by atoms with Crippen molar-refractivity contribution in [2.24, 2.45) is 22.2 Å². The molecule has 0 aromatic carbocycles. The zero-order chi connectivity index (χ0) is 16.4. The third-order valence-electron chi connectivity index (χ3n) is 2.54. The van der Waals surface area contributed by atoms with Gasteiger partial charge in [0.15, 0.2) is 5.96 Å². The van der Waals surface area contributed by atoms with Crippen LogP contribution in [0.4, 0.5) is 0 Å². The molecule has 0 radical (unpaired) electrons. The van der Waals surface area contributed by atoms with Crippen LogP contribution in [-0.4, -0.2) is 42.4 Å². The Labute approximate surface area is 121 Å². The average molecular weight is 301 g/mol.